The van der Waals surface area contributed by atoms with Crippen LogP contribution in [0.1, 0.15) is 29.6 Å². The molecule has 102 valence electrons. The molecule has 0 spiro atoms. The standard InChI is InChI=1S/C13H19N5O/c1-5-10-6-12(16-15-10)14-13(19)7-11-8(2)17-18(4)9(11)3/h6H,5,7H2,1-4H3,(H2,14,15,16,19). The number of nitrogens with zero attached hydrogens (tertiary/aromatic N) is 3. The van der Waals surface area contributed by atoms with Gasteiger partial charge in [-0.3, -0.25) is 14.6 Å². The Morgan fingerprint density at radius 2 is 2.21 bits per heavy atom. The summed E-state index contributed by atoms with van der Waals surface area (Å²) >= 11 is 0. The normalized spacial score (nSPS) is 10.7. The molecule has 2 aromatic rings. The lowest BCUT2D eigenvalue weighted by molar-refractivity contribution is -0.115. The SMILES string of the molecule is CCc1cc(NC(=O)Cc2c(C)nn(C)c2C)n[nH]1. The molecule has 0 aliphatic carbocycles. The van der Waals surface area contributed by atoms with Gasteiger partial charge in [-0.25, -0.2) is 0 Å². The number of nitrogens with one attached hydrogen (secondary N) is 2. The summed E-state index contributed by atoms with van der Waals surface area (Å²) in [5.74, 6) is 0.495. The minimum atomic E-state index is -0.0756. The number of carbonyl (C=O) groups is 1. The molecule has 2 rings (SSSR count). The van der Waals surface area contributed by atoms with Gasteiger partial charge in [0.15, 0.2) is 5.82 Å². The van der Waals surface area contributed by atoms with Crippen LogP contribution in [0, 0.1) is 13.8 Å². The van der Waals surface area contributed by atoms with E-state index in [1.165, 1.54) is 0 Å². The minimum absolute atomic E-state index is 0.0756. The van der Waals surface area contributed by atoms with Crippen molar-refractivity contribution in [2.24, 2.45) is 7.05 Å². The van der Waals surface area contributed by atoms with E-state index >= 15 is 0 Å². The summed E-state index contributed by atoms with van der Waals surface area (Å²) in [5, 5.41) is 14.0. The van der Waals surface area contributed by atoms with Crippen LogP contribution >= 0.6 is 0 Å². The van der Waals surface area contributed by atoms with Gasteiger partial charge >= 0.3 is 0 Å². The van der Waals surface area contributed by atoms with E-state index < -0.39 is 0 Å². The van der Waals surface area contributed by atoms with E-state index in [4.69, 9.17) is 0 Å². The smallest absolute Gasteiger partial charge is 0.230 e. The molecule has 2 N–H and O–H groups in total. The van der Waals surface area contributed by atoms with E-state index in [0.29, 0.717) is 12.2 Å². The Labute approximate surface area is 112 Å². The van der Waals surface area contributed by atoms with Crippen LogP contribution in [-0.2, 0) is 24.7 Å². The van der Waals surface area contributed by atoms with Gasteiger partial charge in [0.05, 0.1) is 12.1 Å². The summed E-state index contributed by atoms with van der Waals surface area (Å²) in [5.41, 5.74) is 3.89. The zero-order valence-corrected chi connectivity index (χ0v) is 11.7. The number of hydrogen-bond acceptors (Lipinski definition) is 3. The van der Waals surface area contributed by atoms with Crippen LogP contribution in [0.15, 0.2) is 6.07 Å². The van der Waals surface area contributed by atoms with Crippen molar-refractivity contribution in [3.05, 3.63) is 28.7 Å². The van der Waals surface area contributed by atoms with Crippen molar-refractivity contribution < 1.29 is 4.79 Å². The van der Waals surface area contributed by atoms with Crippen LogP contribution in [0.4, 0.5) is 5.82 Å². The van der Waals surface area contributed by atoms with Gasteiger partial charge in [-0.1, -0.05) is 6.92 Å². The second kappa shape index (κ2) is 5.26. The van der Waals surface area contributed by atoms with Gasteiger partial charge < -0.3 is 5.32 Å². The molecule has 0 aliphatic heterocycles. The zero-order chi connectivity index (χ0) is 14.0. The summed E-state index contributed by atoms with van der Waals surface area (Å²) < 4.78 is 1.79. The topological polar surface area (TPSA) is 75.6 Å². The fourth-order valence-electron chi connectivity index (χ4n) is 2.03. The summed E-state index contributed by atoms with van der Waals surface area (Å²) in [6.45, 7) is 5.91. The first kappa shape index (κ1) is 13.3. The number of aryl methyl sites for hydroxylation is 3. The highest BCUT2D eigenvalue weighted by molar-refractivity contribution is 5.91. The van der Waals surface area contributed by atoms with E-state index in [-0.39, 0.29) is 5.91 Å². The quantitative estimate of drug-likeness (QED) is 0.875. The predicted molar refractivity (Wildman–Crippen MR) is 73.0 cm³/mol. The molecule has 0 aliphatic rings. The number of aromatic nitrogens is 4. The van der Waals surface area contributed by atoms with Crippen LogP contribution < -0.4 is 5.32 Å². The van der Waals surface area contributed by atoms with Gasteiger partial charge in [-0.15, -0.1) is 0 Å². The molecule has 6 heteroatoms. The van der Waals surface area contributed by atoms with E-state index in [1.54, 1.807) is 4.68 Å². The van der Waals surface area contributed by atoms with Crippen LogP contribution in [0.5, 0.6) is 0 Å². The van der Waals surface area contributed by atoms with E-state index in [2.05, 4.69) is 20.6 Å². The van der Waals surface area contributed by atoms with Gasteiger partial charge in [-0.2, -0.15) is 10.2 Å². The number of anilines is 1. The van der Waals surface area contributed by atoms with Gasteiger partial charge in [0.25, 0.3) is 0 Å². The van der Waals surface area contributed by atoms with Crippen molar-refractivity contribution in [1.29, 1.82) is 0 Å². The Morgan fingerprint density at radius 3 is 2.74 bits per heavy atom. The lowest BCUT2D eigenvalue weighted by Crippen LogP contribution is -2.15. The molecule has 0 bridgehead atoms. The van der Waals surface area contributed by atoms with Gasteiger partial charge in [0, 0.05) is 30.1 Å². The van der Waals surface area contributed by atoms with Crippen molar-refractivity contribution in [3.63, 3.8) is 0 Å². The van der Waals surface area contributed by atoms with E-state index in [9.17, 15) is 4.79 Å². The Balaban J connectivity index is 2.05. The first-order valence-corrected chi connectivity index (χ1v) is 6.34. The fourth-order valence-corrected chi connectivity index (χ4v) is 2.03. The Kier molecular flexibility index (Phi) is 3.69. The van der Waals surface area contributed by atoms with Crippen molar-refractivity contribution in [1.82, 2.24) is 20.0 Å². The highest BCUT2D eigenvalue weighted by atomic mass is 16.1. The lowest BCUT2D eigenvalue weighted by Gasteiger charge is -2.02. The maximum Gasteiger partial charge on any atom is 0.230 e. The number of amides is 1. The average Bonchev–Trinajstić information content (AvgIpc) is 2.90. The van der Waals surface area contributed by atoms with E-state index in [1.807, 2.05) is 33.9 Å². The largest absolute Gasteiger partial charge is 0.309 e. The summed E-state index contributed by atoms with van der Waals surface area (Å²) in [6.07, 6.45) is 1.18. The van der Waals surface area contributed by atoms with Crippen LogP contribution in [-0.4, -0.2) is 25.9 Å². The summed E-state index contributed by atoms with van der Waals surface area (Å²) in [4.78, 5) is 12.0. The summed E-state index contributed by atoms with van der Waals surface area (Å²) in [6, 6.07) is 1.85. The highest BCUT2D eigenvalue weighted by Gasteiger charge is 2.14. The number of aromatic amines is 1. The van der Waals surface area contributed by atoms with Gasteiger partial charge in [0.1, 0.15) is 0 Å². The van der Waals surface area contributed by atoms with Gasteiger partial charge in [-0.05, 0) is 20.3 Å². The summed E-state index contributed by atoms with van der Waals surface area (Å²) in [7, 11) is 1.88. The Bertz CT molecular complexity index is 596. The third kappa shape index (κ3) is 2.83. The number of hydrogen-bond donors (Lipinski definition) is 2. The average molecular weight is 261 g/mol. The van der Waals surface area contributed by atoms with Gasteiger partial charge in [0.2, 0.25) is 5.91 Å². The molecule has 19 heavy (non-hydrogen) atoms. The van der Waals surface area contributed by atoms with Crippen molar-refractivity contribution >= 4 is 11.7 Å². The van der Waals surface area contributed by atoms with Crippen LogP contribution in [0.2, 0.25) is 0 Å². The zero-order valence-electron chi connectivity index (χ0n) is 11.7. The van der Waals surface area contributed by atoms with Crippen molar-refractivity contribution in [2.75, 3.05) is 5.32 Å². The molecule has 0 radical (unpaired) electrons. The molecule has 6 nitrogen and oxygen atoms in total. The van der Waals surface area contributed by atoms with Crippen LogP contribution in [0.3, 0.4) is 0 Å². The van der Waals surface area contributed by atoms with Crippen molar-refractivity contribution in [2.45, 2.75) is 33.6 Å². The first-order valence-electron chi connectivity index (χ1n) is 6.34. The number of carbonyl (C=O) groups excluding carboxylic acids is 1. The number of H-pyrrole nitrogens is 1. The molecule has 0 saturated carbocycles. The molecule has 1 amide bonds. The second-order valence-corrected chi connectivity index (χ2v) is 4.63. The molecule has 2 heterocycles. The lowest BCUT2D eigenvalue weighted by atomic mass is 10.1. The Hall–Kier alpha value is -2.11. The minimum Gasteiger partial charge on any atom is -0.309 e. The molecule has 0 saturated heterocycles. The molecule has 0 unspecified atom stereocenters. The monoisotopic (exact) mass is 261 g/mol. The molecule has 2 aromatic heterocycles. The first-order chi connectivity index (χ1) is 9.01. The maximum absolute atomic E-state index is 12.0. The fraction of sp³-hybridized carbons (Fsp3) is 0.462. The van der Waals surface area contributed by atoms with Crippen molar-refractivity contribution in [3.8, 4) is 0 Å². The maximum atomic E-state index is 12.0. The highest BCUT2D eigenvalue weighted by Crippen LogP contribution is 2.13. The molecule has 0 atom stereocenters. The third-order valence-corrected chi connectivity index (χ3v) is 3.28. The second-order valence-electron chi connectivity index (χ2n) is 4.63. The molecule has 0 aromatic carbocycles. The number of rotatable bonds is 4. The predicted octanol–water partition coefficient (Wildman–Crippen LogP) is 1.50. The third-order valence-electron chi connectivity index (χ3n) is 3.28. The van der Waals surface area contributed by atoms with E-state index in [0.717, 1.165) is 29.1 Å². The molecular formula is C13H19N5O. The Morgan fingerprint density at radius 1 is 1.47 bits per heavy atom. The molecule has 0 fully saturated rings. The molecular weight excluding hydrogens is 242 g/mol. The van der Waals surface area contributed by atoms with Crippen LogP contribution in [0.25, 0.3) is 0 Å².